The van der Waals surface area contributed by atoms with Gasteiger partial charge in [0.05, 0.1) is 0 Å². The van der Waals surface area contributed by atoms with Crippen LogP contribution in [-0.2, 0) is 0 Å². The summed E-state index contributed by atoms with van der Waals surface area (Å²) in [5, 5.41) is 7.33. The lowest BCUT2D eigenvalue weighted by atomic mass is 10.1. The van der Waals surface area contributed by atoms with Crippen LogP contribution in [0, 0.1) is 5.41 Å². The molecule has 1 rings (SSSR count). The number of nitrogens with zero attached hydrogens (tertiary/aromatic N) is 1. The third-order valence-corrected chi connectivity index (χ3v) is 1.91. The summed E-state index contributed by atoms with van der Waals surface area (Å²) in [4.78, 5) is 2.39. The minimum absolute atomic E-state index is 0.930. The molecular formula is C7H14N2. The number of piperidine rings is 1. The zero-order valence-electron chi connectivity index (χ0n) is 5.98. The molecule has 9 heavy (non-hydrogen) atoms. The second kappa shape index (κ2) is 2.97. The lowest BCUT2D eigenvalue weighted by molar-refractivity contribution is 0.289. The molecule has 1 heterocycles. The molecule has 52 valence electrons. The maximum Gasteiger partial charge on any atom is 0.0115 e. The number of rotatable bonds is 1. The highest BCUT2D eigenvalue weighted by Crippen LogP contribution is 2.03. The van der Waals surface area contributed by atoms with Gasteiger partial charge in [-0.05, 0) is 19.4 Å². The molecule has 2 nitrogen and oxygen atoms in total. The third kappa shape index (κ3) is 1.79. The van der Waals surface area contributed by atoms with E-state index in [1.54, 1.807) is 0 Å². The molecule has 0 aromatic rings. The van der Waals surface area contributed by atoms with Gasteiger partial charge < -0.3 is 10.3 Å². The van der Waals surface area contributed by atoms with Crippen LogP contribution in [0.1, 0.15) is 19.8 Å². The van der Waals surface area contributed by atoms with E-state index < -0.39 is 0 Å². The van der Waals surface area contributed by atoms with Crippen molar-refractivity contribution < 1.29 is 0 Å². The fraction of sp³-hybridized carbons (Fsp3) is 0.857. The van der Waals surface area contributed by atoms with Gasteiger partial charge in [-0.25, -0.2) is 0 Å². The summed E-state index contributed by atoms with van der Waals surface area (Å²) in [6.45, 7) is 5.53. The van der Waals surface area contributed by atoms with Crippen LogP contribution in [0.5, 0.6) is 0 Å². The second-order valence-electron chi connectivity index (χ2n) is 2.54. The Kier molecular flexibility index (Phi) is 2.22. The van der Waals surface area contributed by atoms with Crippen molar-refractivity contribution in [1.29, 1.82) is 5.41 Å². The summed E-state index contributed by atoms with van der Waals surface area (Å²) in [6, 6.07) is 0. The van der Waals surface area contributed by atoms with E-state index in [-0.39, 0.29) is 0 Å². The van der Waals surface area contributed by atoms with Crippen molar-refractivity contribution in [2.24, 2.45) is 0 Å². The molecular weight excluding hydrogens is 112 g/mol. The Balaban J connectivity index is 2.26. The van der Waals surface area contributed by atoms with E-state index in [9.17, 15) is 0 Å². The first-order chi connectivity index (χ1) is 4.33. The maximum absolute atomic E-state index is 7.33. The van der Waals surface area contributed by atoms with Gasteiger partial charge in [-0.3, -0.25) is 0 Å². The summed E-state index contributed by atoms with van der Waals surface area (Å²) >= 11 is 0. The fourth-order valence-electron chi connectivity index (χ4n) is 1.14. The summed E-state index contributed by atoms with van der Waals surface area (Å²) in [7, 11) is 0. The highest BCUT2D eigenvalue weighted by Gasteiger charge is 2.10. The molecule has 1 N–H and O–H groups in total. The number of likely N-dealkylation sites (tertiary alicyclic amines) is 1. The maximum atomic E-state index is 7.33. The molecule has 0 saturated carbocycles. The molecule has 2 heteroatoms. The molecule has 0 aliphatic carbocycles. The highest BCUT2D eigenvalue weighted by molar-refractivity contribution is 5.82. The number of nitrogens with one attached hydrogen (secondary N) is 1. The van der Waals surface area contributed by atoms with E-state index in [4.69, 9.17) is 5.41 Å². The molecule has 1 aliphatic rings. The van der Waals surface area contributed by atoms with Crippen LogP contribution in [0.15, 0.2) is 0 Å². The smallest absolute Gasteiger partial charge is 0.0115 e. The first-order valence-electron chi connectivity index (χ1n) is 3.61. The van der Waals surface area contributed by atoms with Crippen LogP contribution in [0.2, 0.25) is 0 Å². The average Bonchev–Trinajstić information content (AvgIpc) is 1.90. The van der Waals surface area contributed by atoms with Crippen LogP contribution in [-0.4, -0.2) is 30.2 Å². The van der Waals surface area contributed by atoms with Gasteiger partial charge in [-0.15, -0.1) is 0 Å². The first kappa shape index (κ1) is 6.75. The van der Waals surface area contributed by atoms with Crippen LogP contribution in [0.4, 0.5) is 0 Å². The molecule has 0 bridgehead atoms. The number of hydrogen-bond donors (Lipinski definition) is 1. The molecule has 0 atom stereocenters. The van der Waals surface area contributed by atoms with E-state index in [1.165, 1.54) is 0 Å². The Labute approximate surface area is 56.4 Å². The van der Waals surface area contributed by atoms with Gasteiger partial charge in [0.1, 0.15) is 0 Å². The Morgan fingerprint density at radius 2 is 2.00 bits per heavy atom. The van der Waals surface area contributed by atoms with Crippen molar-refractivity contribution in [3.8, 4) is 0 Å². The van der Waals surface area contributed by atoms with Crippen LogP contribution < -0.4 is 0 Å². The van der Waals surface area contributed by atoms with E-state index in [2.05, 4.69) is 11.8 Å². The Morgan fingerprint density at radius 1 is 1.44 bits per heavy atom. The molecule has 1 saturated heterocycles. The van der Waals surface area contributed by atoms with Gasteiger partial charge in [0.15, 0.2) is 0 Å². The monoisotopic (exact) mass is 126 g/mol. The third-order valence-electron chi connectivity index (χ3n) is 1.91. The normalized spacial score (nSPS) is 22.6. The molecule has 1 fully saturated rings. The van der Waals surface area contributed by atoms with Crippen molar-refractivity contribution in [2.75, 3.05) is 19.6 Å². The molecule has 0 aromatic heterocycles. The molecule has 0 unspecified atom stereocenters. The van der Waals surface area contributed by atoms with Gasteiger partial charge in [-0.2, -0.15) is 0 Å². The summed E-state index contributed by atoms with van der Waals surface area (Å²) in [5.74, 6) is 0. The number of hydrogen-bond acceptors (Lipinski definition) is 2. The van der Waals surface area contributed by atoms with E-state index >= 15 is 0 Å². The summed E-state index contributed by atoms with van der Waals surface area (Å²) in [6.07, 6.45) is 1.99. The van der Waals surface area contributed by atoms with Crippen molar-refractivity contribution in [2.45, 2.75) is 19.8 Å². The van der Waals surface area contributed by atoms with Crippen molar-refractivity contribution in [1.82, 2.24) is 4.90 Å². The Morgan fingerprint density at radius 3 is 2.44 bits per heavy atom. The highest BCUT2D eigenvalue weighted by atomic mass is 15.1. The quantitative estimate of drug-likeness (QED) is 0.560. The van der Waals surface area contributed by atoms with Gasteiger partial charge in [0, 0.05) is 18.8 Å². The van der Waals surface area contributed by atoms with Gasteiger partial charge in [-0.1, -0.05) is 6.92 Å². The fourth-order valence-corrected chi connectivity index (χ4v) is 1.14. The predicted molar refractivity (Wildman–Crippen MR) is 39.1 cm³/mol. The zero-order valence-corrected chi connectivity index (χ0v) is 5.98. The molecule has 1 aliphatic heterocycles. The molecule has 0 aromatic carbocycles. The average molecular weight is 126 g/mol. The molecule has 0 spiro atoms. The Hall–Kier alpha value is -0.370. The van der Waals surface area contributed by atoms with E-state index in [1.807, 2.05) is 0 Å². The Bertz CT molecular complexity index is 99.5. The van der Waals surface area contributed by atoms with Crippen molar-refractivity contribution in [3.63, 3.8) is 0 Å². The topological polar surface area (TPSA) is 27.1 Å². The van der Waals surface area contributed by atoms with Crippen molar-refractivity contribution >= 4 is 5.71 Å². The van der Waals surface area contributed by atoms with E-state index in [0.717, 1.165) is 38.2 Å². The van der Waals surface area contributed by atoms with Crippen molar-refractivity contribution in [3.05, 3.63) is 0 Å². The lowest BCUT2D eigenvalue weighted by Gasteiger charge is -2.25. The first-order valence-corrected chi connectivity index (χ1v) is 3.61. The van der Waals surface area contributed by atoms with Crippen LogP contribution in [0.25, 0.3) is 0 Å². The zero-order chi connectivity index (χ0) is 6.69. The lowest BCUT2D eigenvalue weighted by Crippen LogP contribution is -2.33. The summed E-state index contributed by atoms with van der Waals surface area (Å²) in [5.41, 5.74) is 0.930. The SMILES string of the molecule is CCN1CCC(=N)CC1. The van der Waals surface area contributed by atoms with Crippen LogP contribution >= 0.6 is 0 Å². The second-order valence-corrected chi connectivity index (χ2v) is 2.54. The molecule has 0 radical (unpaired) electrons. The predicted octanol–water partition coefficient (Wildman–Crippen LogP) is 1.12. The minimum Gasteiger partial charge on any atom is -0.310 e. The largest absolute Gasteiger partial charge is 0.310 e. The minimum atomic E-state index is 0.930. The van der Waals surface area contributed by atoms with Gasteiger partial charge in [0.2, 0.25) is 0 Å². The summed E-state index contributed by atoms with van der Waals surface area (Å²) < 4.78 is 0. The van der Waals surface area contributed by atoms with Crippen LogP contribution in [0.3, 0.4) is 0 Å². The molecule has 0 amide bonds. The standard InChI is InChI=1S/C7H14N2/c1-2-9-5-3-7(8)4-6-9/h8H,2-6H2,1H3. The van der Waals surface area contributed by atoms with E-state index in [0.29, 0.717) is 0 Å². The van der Waals surface area contributed by atoms with Gasteiger partial charge in [0.25, 0.3) is 0 Å². The van der Waals surface area contributed by atoms with Gasteiger partial charge >= 0.3 is 0 Å².